The van der Waals surface area contributed by atoms with E-state index in [1.54, 1.807) is 5.56 Å². The number of nitrogens with zero attached hydrogens (tertiary/aromatic N) is 2. The molecule has 3 fully saturated rings. The maximum atomic E-state index is 2.72. The van der Waals surface area contributed by atoms with Gasteiger partial charge in [-0.25, -0.2) is 0 Å². The molecular weight excluding hydrogens is 364 g/mol. The van der Waals surface area contributed by atoms with E-state index in [9.17, 15) is 0 Å². The van der Waals surface area contributed by atoms with Gasteiger partial charge < -0.3 is 4.57 Å². The van der Waals surface area contributed by atoms with Crippen LogP contribution in [-0.4, -0.2) is 28.6 Å². The molecule has 0 saturated carbocycles. The molecule has 3 saturated heterocycles. The molecule has 0 aliphatic carbocycles. The van der Waals surface area contributed by atoms with Gasteiger partial charge in [0.15, 0.2) is 0 Å². The molecule has 1 aromatic heterocycles. The molecule has 4 heterocycles. The fraction of sp³-hybridized carbons (Fsp3) is 0.357. The van der Waals surface area contributed by atoms with Gasteiger partial charge in [0.05, 0.1) is 11.0 Å². The van der Waals surface area contributed by atoms with Crippen LogP contribution in [-0.2, 0) is 0 Å². The first kappa shape index (κ1) is 18.2. The van der Waals surface area contributed by atoms with Crippen LogP contribution < -0.4 is 0 Å². The fourth-order valence-corrected chi connectivity index (χ4v) is 6.51. The Labute approximate surface area is 179 Å². The van der Waals surface area contributed by atoms with E-state index in [4.69, 9.17) is 0 Å². The first-order valence-corrected chi connectivity index (χ1v) is 11.4. The molecular formula is C28H30N2. The number of hydrogen-bond acceptors (Lipinski definition) is 1. The predicted octanol–water partition coefficient (Wildman–Crippen LogP) is 6.68. The van der Waals surface area contributed by atoms with Crippen molar-refractivity contribution in [1.29, 1.82) is 0 Å². The number of aromatic nitrogens is 1. The van der Waals surface area contributed by atoms with Crippen molar-refractivity contribution in [3.8, 4) is 5.69 Å². The molecule has 0 spiro atoms. The van der Waals surface area contributed by atoms with Crippen LogP contribution in [0.2, 0.25) is 0 Å². The van der Waals surface area contributed by atoms with Crippen LogP contribution in [0.1, 0.15) is 43.7 Å². The summed E-state index contributed by atoms with van der Waals surface area (Å²) < 4.78 is 2.43. The van der Waals surface area contributed by atoms with Gasteiger partial charge in [-0.15, -0.1) is 0 Å². The first-order valence-electron chi connectivity index (χ1n) is 11.4. The van der Waals surface area contributed by atoms with Crippen molar-refractivity contribution in [2.45, 2.75) is 45.6 Å². The number of fused-ring (bicyclic) bond motifs is 6. The summed E-state index contributed by atoms with van der Waals surface area (Å²) in [6.45, 7) is 9.86. The van der Waals surface area contributed by atoms with Crippen molar-refractivity contribution in [1.82, 2.24) is 9.47 Å². The molecule has 7 rings (SSSR count). The van der Waals surface area contributed by atoms with Crippen LogP contribution in [0.4, 0.5) is 0 Å². The zero-order valence-corrected chi connectivity index (χ0v) is 18.2. The van der Waals surface area contributed by atoms with Crippen molar-refractivity contribution in [2.75, 3.05) is 13.1 Å². The van der Waals surface area contributed by atoms with Gasteiger partial charge in [-0.05, 0) is 86.7 Å². The number of para-hydroxylation sites is 2. The lowest BCUT2D eigenvalue weighted by molar-refractivity contribution is -0.0269. The average molecular weight is 395 g/mol. The molecule has 2 bridgehead atoms. The van der Waals surface area contributed by atoms with E-state index in [0.29, 0.717) is 17.4 Å². The van der Waals surface area contributed by atoms with Gasteiger partial charge in [0, 0.05) is 28.4 Å². The van der Waals surface area contributed by atoms with E-state index < -0.39 is 0 Å². The summed E-state index contributed by atoms with van der Waals surface area (Å²) in [7, 11) is 0. The third-order valence-electron chi connectivity index (χ3n) is 8.16. The number of rotatable bonds is 2. The third-order valence-corrected chi connectivity index (χ3v) is 8.16. The summed E-state index contributed by atoms with van der Waals surface area (Å²) in [4.78, 5) is 2.72. The van der Waals surface area contributed by atoms with Crippen LogP contribution in [0.5, 0.6) is 0 Å². The van der Waals surface area contributed by atoms with E-state index in [1.165, 1.54) is 59.0 Å². The zero-order chi connectivity index (χ0) is 20.5. The molecule has 2 unspecified atom stereocenters. The number of aryl methyl sites for hydroxylation is 1. The Morgan fingerprint density at radius 1 is 0.833 bits per heavy atom. The Morgan fingerprint density at radius 3 is 2.27 bits per heavy atom. The summed E-state index contributed by atoms with van der Waals surface area (Å²) in [5, 5.41) is 2.75. The minimum absolute atomic E-state index is 0.421. The second-order valence-electron chi connectivity index (χ2n) is 9.82. The Balaban J connectivity index is 1.63. The largest absolute Gasteiger partial charge is 0.309 e. The molecule has 4 aromatic rings. The van der Waals surface area contributed by atoms with Crippen molar-refractivity contribution >= 4 is 21.8 Å². The van der Waals surface area contributed by atoms with Gasteiger partial charge in [0.1, 0.15) is 0 Å². The molecule has 0 amide bonds. The quantitative estimate of drug-likeness (QED) is 0.368. The van der Waals surface area contributed by atoms with Gasteiger partial charge in [-0.3, -0.25) is 4.90 Å². The van der Waals surface area contributed by atoms with E-state index in [-0.39, 0.29) is 0 Å². The van der Waals surface area contributed by atoms with E-state index in [2.05, 4.69) is 97.0 Å². The smallest absolute Gasteiger partial charge is 0.0543 e. The topological polar surface area (TPSA) is 8.17 Å². The Morgan fingerprint density at radius 2 is 1.53 bits per heavy atom. The van der Waals surface area contributed by atoms with Crippen molar-refractivity contribution in [3.05, 3.63) is 77.9 Å². The Bertz CT molecular complexity index is 1240. The van der Waals surface area contributed by atoms with Gasteiger partial charge in [0.25, 0.3) is 0 Å². The van der Waals surface area contributed by atoms with E-state index in [1.807, 2.05) is 0 Å². The van der Waals surface area contributed by atoms with Crippen LogP contribution in [0, 0.1) is 12.3 Å². The second-order valence-corrected chi connectivity index (χ2v) is 9.82. The summed E-state index contributed by atoms with van der Waals surface area (Å²) in [5.74, 6) is 0.614. The monoisotopic (exact) mass is 394 g/mol. The average Bonchev–Trinajstić information content (AvgIpc) is 3.07. The molecule has 30 heavy (non-hydrogen) atoms. The van der Waals surface area contributed by atoms with Crippen LogP contribution in [0.3, 0.4) is 0 Å². The highest BCUT2D eigenvalue weighted by Crippen LogP contribution is 2.53. The van der Waals surface area contributed by atoms with Gasteiger partial charge >= 0.3 is 0 Å². The van der Waals surface area contributed by atoms with Gasteiger partial charge in [-0.1, -0.05) is 43.3 Å². The molecule has 0 N–H and O–H groups in total. The standard InChI is InChI=1S/C28H30N2/c1-19-17-26-24(18-23(19)27-20(2)29-15-13-28(27,3)14-16-29)22-11-7-8-12-25(22)30(26)21-9-5-4-6-10-21/h4-12,17-18,20,27H,13-16H2,1-3H3. The van der Waals surface area contributed by atoms with Crippen molar-refractivity contribution < 1.29 is 0 Å². The summed E-state index contributed by atoms with van der Waals surface area (Å²) >= 11 is 0. The highest BCUT2D eigenvalue weighted by molar-refractivity contribution is 6.09. The minimum atomic E-state index is 0.421. The lowest BCUT2D eigenvalue weighted by atomic mass is 9.60. The third kappa shape index (κ3) is 2.46. The highest BCUT2D eigenvalue weighted by atomic mass is 15.2. The molecule has 2 nitrogen and oxygen atoms in total. The molecule has 2 atom stereocenters. The molecule has 2 heteroatoms. The highest BCUT2D eigenvalue weighted by Gasteiger charge is 2.48. The van der Waals surface area contributed by atoms with E-state index >= 15 is 0 Å². The molecule has 152 valence electrons. The first-order chi connectivity index (χ1) is 14.6. The normalized spacial score (nSPS) is 28.4. The van der Waals surface area contributed by atoms with Crippen LogP contribution >= 0.6 is 0 Å². The van der Waals surface area contributed by atoms with Crippen molar-refractivity contribution in [3.63, 3.8) is 0 Å². The summed E-state index contributed by atoms with van der Waals surface area (Å²) in [6.07, 6.45) is 2.65. The van der Waals surface area contributed by atoms with E-state index in [0.717, 1.165) is 0 Å². The second kappa shape index (κ2) is 6.46. The maximum absolute atomic E-state index is 2.72. The lowest BCUT2D eigenvalue weighted by Gasteiger charge is -2.56. The minimum Gasteiger partial charge on any atom is -0.309 e. The predicted molar refractivity (Wildman–Crippen MR) is 127 cm³/mol. The Kier molecular flexibility index (Phi) is 3.92. The van der Waals surface area contributed by atoms with Gasteiger partial charge in [0.2, 0.25) is 0 Å². The Hall–Kier alpha value is -2.58. The SMILES string of the molecule is Cc1cc2c(cc1C1C(C)N3CCC1(C)CC3)c1ccccc1n2-c1ccccc1. The lowest BCUT2D eigenvalue weighted by Crippen LogP contribution is -2.57. The number of piperidine rings is 3. The summed E-state index contributed by atoms with van der Waals surface area (Å²) in [5.41, 5.74) is 7.28. The fourth-order valence-electron chi connectivity index (χ4n) is 6.51. The van der Waals surface area contributed by atoms with Crippen molar-refractivity contribution in [2.24, 2.45) is 5.41 Å². The number of hydrogen-bond donors (Lipinski definition) is 0. The van der Waals surface area contributed by atoms with Crippen LogP contribution in [0.15, 0.2) is 66.7 Å². The van der Waals surface area contributed by atoms with Crippen LogP contribution in [0.25, 0.3) is 27.5 Å². The molecule has 0 radical (unpaired) electrons. The summed E-state index contributed by atoms with van der Waals surface area (Å²) in [6, 6.07) is 25.3. The zero-order valence-electron chi connectivity index (χ0n) is 18.2. The van der Waals surface area contributed by atoms with Gasteiger partial charge in [-0.2, -0.15) is 0 Å². The molecule has 3 aliphatic heterocycles. The molecule has 3 aliphatic rings. The maximum Gasteiger partial charge on any atom is 0.0543 e. The molecule has 3 aromatic carbocycles. The number of benzene rings is 3.